The van der Waals surface area contributed by atoms with Gasteiger partial charge in [-0.05, 0) is 30.0 Å². The molecule has 1 aliphatic heterocycles. The normalized spacial score (nSPS) is 19.2. The summed E-state index contributed by atoms with van der Waals surface area (Å²) in [5.41, 5.74) is 6.97. The Kier molecular flexibility index (Phi) is 5.48. The van der Waals surface area contributed by atoms with Gasteiger partial charge in [-0.3, -0.25) is 4.90 Å². The largest absolute Gasteiger partial charge is 0.384 e. The van der Waals surface area contributed by atoms with E-state index >= 15 is 0 Å². The zero-order chi connectivity index (χ0) is 17.8. The SMILES string of the molecule is CC(C)[C@H]1CN(c2cc(N)ncn2)CCCN1Cc1ccc(F)cc1. The minimum atomic E-state index is -0.187. The highest BCUT2D eigenvalue weighted by molar-refractivity contribution is 5.46. The van der Waals surface area contributed by atoms with Crippen LogP contribution in [0, 0.1) is 11.7 Å². The van der Waals surface area contributed by atoms with Gasteiger partial charge in [0.1, 0.15) is 23.8 Å². The lowest BCUT2D eigenvalue weighted by Crippen LogP contribution is -2.44. The molecule has 1 atom stereocenters. The van der Waals surface area contributed by atoms with Gasteiger partial charge >= 0.3 is 0 Å². The third kappa shape index (κ3) is 4.45. The summed E-state index contributed by atoms with van der Waals surface area (Å²) in [5.74, 6) is 1.70. The standard InChI is InChI=1S/C19H26FN5/c1-14(2)17-12-25(19-10-18(21)22-13-23-19)9-3-8-24(17)11-15-4-6-16(20)7-5-15/h4-7,10,13-14,17H,3,8-9,11-12H2,1-2H3,(H2,21,22,23)/t17-/m1/s1. The summed E-state index contributed by atoms with van der Waals surface area (Å²) in [5, 5.41) is 0. The van der Waals surface area contributed by atoms with Gasteiger partial charge in [0, 0.05) is 38.3 Å². The maximum Gasteiger partial charge on any atom is 0.134 e. The van der Waals surface area contributed by atoms with Crippen LogP contribution in [0.5, 0.6) is 0 Å². The average Bonchev–Trinajstić information content (AvgIpc) is 2.80. The van der Waals surface area contributed by atoms with Crippen molar-refractivity contribution in [1.82, 2.24) is 14.9 Å². The third-order valence-electron chi connectivity index (χ3n) is 4.82. The summed E-state index contributed by atoms with van der Waals surface area (Å²) in [7, 11) is 0. The van der Waals surface area contributed by atoms with Crippen LogP contribution in [0.1, 0.15) is 25.8 Å². The molecule has 6 heteroatoms. The summed E-state index contributed by atoms with van der Waals surface area (Å²) in [6.45, 7) is 8.19. The molecule has 0 bridgehead atoms. The number of halogens is 1. The first-order chi connectivity index (χ1) is 12.0. The summed E-state index contributed by atoms with van der Waals surface area (Å²) in [4.78, 5) is 13.2. The molecule has 2 N–H and O–H groups in total. The van der Waals surface area contributed by atoms with E-state index in [4.69, 9.17) is 5.73 Å². The zero-order valence-electron chi connectivity index (χ0n) is 14.9. The van der Waals surface area contributed by atoms with Gasteiger partial charge in [-0.15, -0.1) is 0 Å². The van der Waals surface area contributed by atoms with Crippen LogP contribution in [0.4, 0.5) is 16.0 Å². The van der Waals surface area contributed by atoms with Crippen LogP contribution in [-0.2, 0) is 6.54 Å². The highest BCUT2D eigenvalue weighted by atomic mass is 19.1. The van der Waals surface area contributed by atoms with Crippen LogP contribution < -0.4 is 10.6 Å². The molecule has 25 heavy (non-hydrogen) atoms. The molecule has 3 rings (SSSR count). The summed E-state index contributed by atoms with van der Waals surface area (Å²) in [6, 6.07) is 9.05. The molecule has 2 aromatic rings. The van der Waals surface area contributed by atoms with Crippen molar-refractivity contribution < 1.29 is 4.39 Å². The number of benzene rings is 1. The van der Waals surface area contributed by atoms with E-state index in [9.17, 15) is 4.39 Å². The van der Waals surface area contributed by atoms with Gasteiger partial charge in [0.2, 0.25) is 0 Å². The lowest BCUT2D eigenvalue weighted by Gasteiger charge is -2.35. The first kappa shape index (κ1) is 17.6. The molecule has 1 aromatic carbocycles. The van der Waals surface area contributed by atoms with Crippen molar-refractivity contribution in [3.05, 3.63) is 48.0 Å². The summed E-state index contributed by atoms with van der Waals surface area (Å²) in [6.07, 6.45) is 2.57. The van der Waals surface area contributed by atoms with Gasteiger partial charge in [0.15, 0.2) is 0 Å². The zero-order valence-corrected chi connectivity index (χ0v) is 14.9. The molecule has 0 radical (unpaired) electrons. The van der Waals surface area contributed by atoms with Crippen LogP contribution in [-0.4, -0.2) is 40.5 Å². The molecule has 0 spiro atoms. The fourth-order valence-corrected chi connectivity index (χ4v) is 3.46. The van der Waals surface area contributed by atoms with Crippen LogP contribution in [0.25, 0.3) is 0 Å². The van der Waals surface area contributed by atoms with Crippen molar-refractivity contribution in [3.63, 3.8) is 0 Å². The molecule has 0 saturated carbocycles. The monoisotopic (exact) mass is 343 g/mol. The fraction of sp³-hybridized carbons (Fsp3) is 0.474. The Morgan fingerprint density at radius 1 is 1.20 bits per heavy atom. The third-order valence-corrected chi connectivity index (χ3v) is 4.82. The second kappa shape index (κ2) is 7.78. The topological polar surface area (TPSA) is 58.3 Å². The number of nitrogen functional groups attached to an aromatic ring is 1. The van der Waals surface area contributed by atoms with Crippen LogP contribution in [0.3, 0.4) is 0 Å². The van der Waals surface area contributed by atoms with Crippen molar-refractivity contribution in [1.29, 1.82) is 0 Å². The minimum Gasteiger partial charge on any atom is -0.384 e. The Labute approximate surface area is 148 Å². The van der Waals surface area contributed by atoms with Crippen LogP contribution in [0.15, 0.2) is 36.7 Å². The Hall–Kier alpha value is -2.21. The summed E-state index contributed by atoms with van der Waals surface area (Å²) < 4.78 is 13.2. The lowest BCUT2D eigenvalue weighted by atomic mass is 10.0. The van der Waals surface area contributed by atoms with E-state index in [1.165, 1.54) is 18.5 Å². The first-order valence-electron chi connectivity index (χ1n) is 8.84. The second-order valence-electron chi connectivity index (χ2n) is 7.01. The predicted octanol–water partition coefficient (Wildman–Crippen LogP) is 2.93. The van der Waals surface area contributed by atoms with E-state index in [0.29, 0.717) is 17.8 Å². The highest BCUT2D eigenvalue weighted by Crippen LogP contribution is 2.23. The highest BCUT2D eigenvalue weighted by Gasteiger charge is 2.28. The van der Waals surface area contributed by atoms with Crippen molar-refractivity contribution >= 4 is 11.6 Å². The quantitative estimate of drug-likeness (QED) is 0.925. The molecule has 5 nitrogen and oxygen atoms in total. The number of nitrogens with two attached hydrogens (primary N) is 1. The number of aromatic nitrogens is 2. The Morgan fingerprint density at radius 2 is 1.96 bits per heavy atom. The maximum absolute atomic E-state index is 13.2. The van der Waals surface area contributed by atoms with E-state index in [2.05, 4.69) is 33.6 Å². The molecule has 1 saturated heterocycles. The fourth-order valence-electron chi connectivity index (χ4n) is 3.46. The van der Waals surface area contributed by atoms with Crippen molar-refractivity contribution in [2.45, 2.75) is 32.9 Å². The van der Waals surface area contributed by atoms with Gasteiger partial charge in [0.25, 0.3) is 0 Å². The van der Waals surface area contributed by atoms with E-state index in [1.807, 2.05) is 18.2 Å². The van der Waals surface area contributed by atoms with Crippen molar-refractivity contribution in [2.75, 3.05) is 30.3 Å². The summed E-state index contributed by atoms with van der Waals surface area (Å²) >= 11 is 0. The van der Waals surface area contributed by atoms with Gasteiger partial charge in [-0.2, -0.15) is 0 Å². The van der Waals surface area contributed by atoms with Crippen LogP contribution in [0.2, 0.25) is 0 Å². The molecule has 1 aromatic heterocycles. The first-order valence-corrected chi connectivity index (χ1v) is 8.84. The van der Waals surface area contributed by atoms with E-state index < -0.39 is 0 Å². The second-order valence-corrected chi connectivity index (χ2v) is 7.01. The van der Waals surface area contributed by atoms with E-state index in [0.717, 1.165) is 44.0 Å². The molecule has 134 valence electrons. The van der Waals surface area contributed by atoms with Gasteiger partial charge in [0.05, 0.1) is 0 Å². The lowest BCUT2D eigenvalue weighted by molar-refractivity contribution is 0.161. The van der Waals surface area contributed by atoms with Crippen LogP contribution >= 0.6 is 0 Å². The molecule has 1 aliphatic rings. The number of nitrogens with zero attached hydrogens (tertiary/aromatic N) is 4. The van der Waals surface area contributed by atoms with E-state index in [1.54, 1.807) is 0 Å². The number of rotatable bonds is 4. The number of anilines is 2. The molecule has 0 aliphatic carbocycles. The minimum absolute atomic E-state index is 0.187. The van der Waals surface area contributed by atoms with Crippen molar-refractivity contribution in [2.24, 2.45) is 5.92 Å². The predicted molar refractivity (Wildman–Crippen MR) is 98.7 cm³/mol. The number of hydrogen-bond donors (Lipinski definition) is 1. The Balaban J connectivity index is 1.77. The average molecular weight is 343 g/mol. The maximum atomic E-state index is 13.2. The molecule has 0 amide bonds. The molecular weight excluding hydrogens is 317 g/mol. The van der Waals surface area contributed by atoms with Gasteiger partial charge in [-0.1, -0.05) is 26.0 Å². The Morgan fingerprint density at radius 3 is 2.64 bits per heavy atom. The molecule has 1 fully saturated rings. The Bertz CT molecular complexity index is 688. The molecular formula is C19H26FN5. The number of hydrogen-bond acceptors (Lipinski definition) is 5. The van der Waals surface area contributed by atoms with Gasteiger partial charge in [-0.25, -0.2) is 14.4 Å². The smallest absolute Gasteiger partial charge is 0.134 e. The van der Waals surface area contributed by atoms with E-state index in [-0.39, 0.29) is 5.82 Å². The van der Waals surface area contributed by atoms with Crippen molar-refractivity contribution in [3.8, 4) is 0 Å². The van der Waals surface area contributed by atoms with Gasteiger partial charge < -0.3 is 10.6 Å². The molecule has 2 heterocycles. The molecule has 0 unspecified atom stereocenters.